The van der Waals surface area contributed by atoms with E-state index < -0.39 is 0 Å². The number of para-hydroxylation sites is 1. The Balaban J connectivity index is 0.00000108. The number of hydrogen-bond donors (Lipinski definition) is 0. The molecule has 79 valence electrons. The molecule has 0 amide bonds. The fourth-order valence-corrected chi connectivity index (χ4v) is 1.57. The predicted octanol–water partition coefficient (Wildman–Crippen LogP) is 2.29. The Kier molecular flexibility index (Phi) is 3.92. The summed E-state index contributed by atoms with van der Waals surface area (Å²) in [5, 5.41) is 8.50. The summed E-state index contributed by atoms with van der Waals surface area (Å²) in [6.07, 6.45) is 7.43. The van der Waals surface area contributed by atoms with Crippen LogP contribution in [0.5, 0.6) is 0 Å². The van der Waals surface area contributed by atoms with Gasteiger partial charge in [-0.15, -0.1) is 6.20 Å². The Morgan fingerprint density at radius 2 is 1.82 bits per heavy atom. The SMILES string of the molecule is [Y].[c-]1nnccc1-c1[c-]nc2ccccc2c1. The van der Waals surface area contributed by atoms with Gasteiger partial charge in [-0.1, -0.05) is 35.8 Å². The Hall–Kier alpha value is -1.19. The quantitative estimate of drug-likeness (QED) is 0.646. The van der Waals surface area contributed by atoms with E-state index in [9.17, 15) is 0 Å². The van der Waals surface area contributed by atoms with E-state index in [1.807, 2.05) is 36.4 Å². The van der Waals surface area contributed by atoms with Crippen molar-refractivity contribution in [2.24, 2.45) is 0 Å². The van der Waals surface area contributed by atoms with Gasteiger partial charge in [0.05, 0.1) is 0 Å². The standard InChI is InChI=1S/C13H7N3.Y/c1-2-4-13-10(3-1)7-12(8-14-13)11-5-6-15-16-9-11;/h1-7H;/q-2;. The van der Waals surface area contributed by atoms with Crippen LogP contribution in [0.15, 0.2) is 42.6 Å². The molecule has 0 aliphatic carbocycles. The van der Waals surface area contributed by atoms with Gasteiger partial charge < -0.3 is 4.98 Å². The molecule has 3 nitrogen and oxygen atoms in total. The van der Waals surface area contributed by atoms with Crippen LogP contribution in [0.1, 0.15) is 0 Å². The summed E-state index contributed by atoms with van der Waals surface area (Å²) < 4.78 is 0. The van der Waals surface area contributed by atoms with E-state index in [4.69, 9.17) is 0 Å². The van der Waals surface area contributed by atoms with Crippen molar-refractivity contribution in [1.29, 1.82) is 0 Å². The Labute approximate surface area is 124 Å². The first-order valence-corrected chi connectivity index (χ1v) is 4.91. The molecule has 0 aliphatic heterocycles. The van der Waals surface area contributed by atoms with Crippen LogP contribution in [0.3, 0.4) is 0 Å². The van der Waals surface area contributed by atoms with E-state index >= 15 is 0 Å². The molecule has 0 atom stereocenters. The molecule has 17 heavy (non-hydrogen) atoms. The van der Waals surface area contributed by atoms with Gasteiger partial charge in [0.15, 0.2) is 0 Å². The Bertz CT molecular complexity index is 626. The van der Waals surface area contributed by atoms with Crippen molar-refractivity contribution in [3.8, 4) is 11.1 Å². The topological polar surface area (TPSA) is 38.7 Å². The summed E-state index contributed by atoms with van der Waals surface area (Å²) >= 11 is 0. The van der Waals surface area contributed by atoms with Gasteiger partial charge in [0.2, 0.25) is 0 Å². The molecule has 0 bridgehead atoms. The first kappa shape index (κ1) is 12.3. The van der Waals surface area contributed by atoms with Gasteiger partial charge in [-0.3, -0.25) is 0 Å². The number of nitrogens with zero attached hydrogens (tertiary/aromatic N) is 3. The average molecular weight is 294 g/mol. The average Bonchev–Trinajstić information content (AvgIpc) is 2.39. The molecule has 0 saturated heterocycles. The van der Waals surface area contributed by atoms with Crippen molar-refractivity contribution in [2.75, 3.05) is 0 Å². The summed E-state index contributed by atoms with van der Waals surface area (Å²) in [4.78, 5) is 4.26. The first-order valence-electron chi connectivity index (χ1n) is 4.91. The third-order valence-corrected chi connectivity index (χ3v) is 2.36. The second-order valence-electron chi connectivity index (χ2n) is 3.40. The van der Waals surface area contributed by atoms with Crippen LogP contribution in [0.2, 0.25) is 0 Å². The van der Waals surface area contributed by atoms with Gasteiger partial charge in [0.25, 0.3) is 0 Å². The van der Waals surface area contributed by atoms with Gasteiger partial charge >= 0.3 is 0 Å². The molecule has 3 rings (SSSR count). The molecular weight excluding hydrogens is 287 g/mol. The zero-order chi connectivity index (χ0) is 10.8. The maximum Gasteiger partial charge on any atom is 0 e. The zero-order valence-electron chi connectivity index (χ0n) is 8.96. The minimum absolute atomic E-state index is 0. The predicted molar refractivity (Wildman–Crippen MR) is 60.4 cm³/mol. The third-order valence-electron chi connectivity index (χ3n) is 2.36. The summed E-state index contributed by atoms with van der Waals surface area (Å²) in [7, 11) is 0. The number of pyridine rings is 1. The molecule has 4 heteroatoms. The van der Waals surface area contributed by atoms with E-state index in [1.165, 1.54) is 0 Å². The van der Waals surface area contributed by atoms with Gasteiger partial charge in [-0.2, -0.15) is 17.2 Å². The van der Waals surface area contributed by atoms with E-state index in [-0.39, 0.29) is 32.7 Å². The van der Waals surface area contributed by atoms with Crippen molar-refractivity contribution in [3.63, 3.8) is 0 Å². The zero-order valence-corrected chi connectivity index (χ0v) is 11.8. The van der Waals surface area contributed by atoms with Crippen LogP contribution >= 0.6 is 0 Å². The fourth-order valence-electron chi connectivity index (χ4n) is 1.57. The van der Waals surface area contributed by atoms with E-state index in [0.717, 1.165) is 22.0 Å². The number of benzene rings is 1. The van der Waals surface area contributed by atoms with Gasteiger partial charge in [-0.05, 0) is 11.7 Å². The molecule has 2 aromatic heterocycles. The van der Waals surface area contributed by atoms with Crippen LogP contribution in [0, 0.1) is 12.4 Å². The van der Waals surface area contributed by atoms with Crippen LogP contribution < -0.4 is 0 Å². The van der Waals surface area contributed by atoms with Crippen LogP contribution in [-0.4, -0.2) is 15.2 Å². The Morgan fingerprint density at radius 3 is 2.65 bits per heavy atom. The van der Waals surface area contributed by atoms with Crippen LogP contribution in [0.25, 0.3) is 22.0 Å². The fraction of sp³-hybridized carbons (Fsp3) is 0. The second kappa shape index (κ2) is 5.43. The van der Waals surface area contributed by atoms with Crippen molar-refractivity contribution in [1.82, 2.24) is 15.2 Å². The van der Waals surface area contributed by atoms with Gasteiger partial charge in [0, 0.05) is 32.7 Å². The maximum absolute atomic E-state index is 4.26. The second-order valence-corrected chi connectivity index (χ2v) is 3.40. The molecular formula is C13H7N3Y-2. The van der Waals surface area contributed by atoms with Crippen LogP contribution in [0.4, 0.5) is 0 Å². The third kappa shape index (κ3) is 2.56. The molecule has 0 aliphatic rings. The van der Waals surface area contributed by atoms with E-state index in [2.05, 4.69) is 27.6 Å². The smallest absolute Gasteiger partial charge is 0 e. The van der Waals surface area contributed by atoms with Crippen LogP contribution in [-0.2, 0) is 32.7 Å². The normalized spacial score (nSPS) is 9.88. The van der Waals surface area contributed by atoms with Crippen molar-refractivity contribution >= 4 is 10.9 Å². The van der Waals surface area contributed by atoms with Crippen molar-refractivity contribution in [3.05, 3.63) is 55.0 Å². The van der Waals surface area contributed by atoms with E-state index in [1.54, 1.807) is 6.20 Å². The minimum Gasteiger partial charge on any atom is -0.366 e. The number of rotatable bonds is 1. The largest absolute Gasteiger partial charge is 0.366 e. The molecule has 0 spiro atoms. The molecule has 0 unspecified atom stereocenters. The summed E-state index contributed by atoms with van der Waals surface area (Å²) in [6, 6.07) is 11.8. The number of hydrogen-bond acceptors (Lipinski definition) is 3. The molecule has 0 N–H and O–H groups in total. The molecule has 0 saturated carbocycles. The van der Waals surface area contributed by atoms with Crippen molar-refractivity contribution in [2.45, 2.75) is 0 Å². The molecule has 3 aromatic rings. The number of aromatic nitrogens is 3. The van der Waals surface area contributed by atoms with E-state index in [0.29, 0.717) is 0 Å². The van der Waals surface area contributed by atoms with Crippen molar-refractivity contribution < 1.29 is 32.7 Å². The summed E-state index contributed by atoms with van der Waals surface area (Å²) in [5.41, 5.74) is 2.68. The molecule has 1 radical (unpaired) electrons. The monoisotopic (exact) mass is 294 g/mol. The minimum atomic E-state index is 0. The molecule has 2 heterocycles. The van der Waals surface area contributed by atoms with Gasteiger partial charge in [0.1, 0.15) is 0 Å². The summed E-state index contributed by atoms with van der Waals surface area (Å²) in [6.45, 7) is 0. The summed E-state index contributed by atoms with van der Waals surface area (Å²) in [5.74, 6) is 0. The maximum atomic E-state index is 4.26. The first-order chi connectivity index (χ1) is 7.93. The van der Waals surface area contributed by atoms with Gasteiger partial charge in [-0.25, -0.2) is 16.2 Å². The molecule has 0 fully saturated rings. The Morgan fingerprint density at radius 1 is 0.941 bits per heavy atom. The number of fused-ring (bicyclic) bond motifs is 1. The molecule has 1 aromatic carbocycles.